The van der Waals surface area contributed by atoms with E-state index in [1.54, 1.807) is 48.9 Å². The Morgan fingerprint density at radius 1 is 1.13 bits per heavy atom. The Labute approximate surface area is 181 Å². The molecule has 1 heterocycles. The fourth-order valence-electron chi connectivity index (χ4n) is 2.85. The number of aromatic nitrogens is 2. The van der Waals surface area contributed by atoms with Gasteiger partial charge in [-0.1, -0.05) is 29.3 Å². The number of carbonyl (C=O) groups excluding carboxylic acids is 1. The number of carbonyl (C=O) groups is 1. The predicted octanol–water partition coefficient (Wildman–Crippen LogP) is 3.25. The Morgan fingerprint density at radius 2 is 1.83 bits per heavy atom. The lowest BCUT2D eigenvalue weighted by molar-refractivity contribution is -0.119. The lowest BCUT2D eigenvalue weighted by Crippen LogP contribution is -2.41. The van der Waals surface area contributed by atoms with Crippen LogP contribution < -0.4 is 9.62 Å². The highest BCUT2D eigenvalue weighted by molar-refractivity contribution is 7.92. The number of benzene rings is 2. The standard InChI is InChI=1S/C21H23ClN4O3S/c1-17-3-9-20(10-4-17)30(28,29)26(19-7-5-18(22)6-8-19)15-21(27)24-11-2-13-25-14-12-23-16-25/h3-10,12,14,16H,2,11,13,15H2,1H3,(H,24,27). The van der Waals surface area contributed by atoms with Gasteiger partial charge in [-0.15, -0.1) is 0 Å². The van der Waals surface area contributed by atoms with Crippen LogP contribution >= 0.6 is 11.6 Å². The van der Waals surface area contributed by atoms with Gasteiger partial charge in [0.15, 0.2) is 0 Å². The molecular formula is C21H23ClN4O3S. The molecule has 9 heteroatoms. The van der Waals surface area contributed by atoms with Gasteiger partial charge in [0.2, 0.25) is 5.91 Å². The Morgan fingerprint density at radius 3 is 2.47 bits per heavy atom. The zero-order valence-corrected chi connectivity index (χ0v) is 18.1. The summed E-state index contributed by atoms with van der Waals surface area (Å²) in [6.45, 7) is 2.69. The van der Waals surface area contributed by atoms with Crippen LogP contribution in [0.1, 0.15) is 12.0 Å². The largest absolute Gasteiger partial charge is 0.354 e. The van der Waals surface area contributed by atoms with Gasteiger partial charge in [0.1, 0.15) is 6.54 Å². The van der Waals surface area contributed by atoms with Crippen LogP contribution in [0.15, 0.2) is 72.1 Å². The van der Waals surface area contributed by atoms with E-state index >= 15 is 0 Å². The number of sulfonamides is 1. The number of halogens is 1. The van der Waals surface area contributed by atoms with Crippen molar-refractivity contribution in [3.63, 3.8) is 0 Å². The number of rotatable bonds is 9. The molecule has 0 fully saturated rings. The second-order valence-electron chi connectivity index (χ2n) is 6.81. The molecule has 0 aliphatic heterocycles. The minimum Gasteiger partial charge on any atom is -0.354 e. The zero-order valence-electron chi connectivity index (χ0n) is 16.5. The molecule has 3 aromatic rings. The van der Waals surface area contributed by atoms with E-state index in [1.165, 1.54) is 12.1 Å². The Bertz CT molecular complexity index is 1070. The maximum atomic E-state index is 13.3. The van der Waals surface area contributed by atoms with Gasteiger partial charge in [-0.05, 0) is 49.7 Å². The number of hydrogen-bond donors (Lipinski definition) is 1. The van der Waals surface area contributed by atoms with Crippen LogP contribution in [0.5, 0.6) is 0 Å². The second-order valence-corrected chi connectivity index (χ2v) is 9.10. The quantitative estimate of drug-likeness (QED) is 0.511. The predicted molar refractivity (Wildman–Crippen MR) is 117 cm³/mol. The molecule has 1 aromatic heterocycles. The van der Waals surface area contributed by atoms with Crippen molar-refractivity contribution in [2.45, 2.75) is 24.8 Å². The molecule has 0 spiro atoms. The smallest absolute Gasteiger partial charge is 0.264 e. The first kappa shape index (κ1) is 21.9. The van der Waals surface area contributed by atoms with Gasteiger partial charge < -0.3 is 9.88 Å². The fraction of sp³-hybridized carbons (Fsp3) is 0.238. The molecule has 0 unspecified atom stereocenters. The van der Waals surface area contributed by atoms with Crippen LogP contribution in [-0.4, -0.2) is 37.0 Å². The highest BCUT2D eigenvalue weighted by atomic mass is 35.5. The van der Waals surface area contributed by atoms with Crippen LogP contribution in [0.3, 0.4) is 0 Å². The molecule has 1 N–H and O–H groups in total. The number of anilines is 1. The molecule has 3 rings (SSSR count). The highest BCUT2D eigenvalue weighted by Crippen LogP contribution is 2.25. The van der Waals surface area contributed by atoms with Gasteiger partial charge in [0.25, 0.3) is 10.0 Å². The average Bonchev–Trinajstić information content (AvgIpc) is 3.24. The molecular weight excluding hydrogens is 424 g/mol. The molecule has 0 aliphatic carbocycles. The van der Waals surface area contributed by atoms with E-state index in [1.807, 2.05) is 17.7 Å². The summed E-state index contributed by atoms with van der Waals surface area (Å²) in [6, 6.07) is 12.9. The van der Waals surface area contributed by atoms with E-state index in [4.69, 9.17) is 11.6 Å². The van der Waals surface area contributed by atoms with Crippen molar-refractivity contribution in [1.29, 1.82) is 0 Å². The third-order valence-corrected chi connectivity index (χ3v) is 6.53. The van der Waals surface area contributed by atoms with E-state index in [0.29, 0.717) is 30.2 Å². The molecule has 0 radical (unpaired) electrons. The second kappa shape index (κ2) is 9.77. The van der Waals surface area contributed by atoms with Gasteiger partial charge in [-0.2, -0.15) is 0 Å². The molecule has 0 saturated carbocycles. The molecule has 158 valence electrons. The topological polar surface area (TPSA) is 84.3 Å². The van der Waals surface area contributed by atoms with Crippen LogP contribution in [0.4, 0.5) is 5.69 Å². The number of aryl methyl sites for hydroxylation is 2. The van der Waals surface area contributed by atoms with E-state index in [0.717, 1.165) is 9.87 Å². The summed E-state index contributed by atoms with van der Waals surface area (Å²) < 4.78 is 29.5. The van der Waals surface area contributed by atoms with Crippen LogP contribution in [0.2, 0.25) is 5.02 Å². The van der Waals surface area contributed by atoms with Crippen molar-refractivity contribution in [2.24, 2.45) is 0 Å². The fourth-order valence-corrected chi connectivity index (χ4v) is 4.40. The number of imidazole rings is 1. The number of nitrogens with zero attached hydrogens (tertiary/aromatic N) is 3. The Kier molecular flexibility index (Phi) is 7.12. The first-order chi connectivity index (χ1) is 14.4. The van der Waals surface area contributed by atoms with Crippen molar-refractivity contribution < 1.29 is 13.2 Å². The van der Waals surface area contributed by atoms with Gasteiger partial charge in [0, 0.05) is 30.5 Å². The summed E-state index contributed by atoms with van der Waals surface area (Å²) in [6.07, 6.45) is 5.95. The average molecular weight is 447 g/mol. The SMILES string of the molecule is Cc1ccc(S(=O)(=O)N(CC(=O)NCCCn2ccnc2)c2ccc(Cl)cc2)cc1. The first-order valence-electron chi connectivity index (χ1n) is 9.44. The molecule has 0 aliphatic rings. The molecule has 0 bridgehead atoms. The van der Waals surface area contributed by atoms with Crippen LogP contribution in [0.25, 0.3) is 0 Å². The maximum absolute atomic E-state index is 13.3. The molecule has 2 aromatic carbocycles. The van der Waals surface area contributed by atoms with E-state index in [2.05, 4.69) is 10.3 Å². The van der Waals surface area contributed by atoms with Gasteiger partial charge in [0.05, 0.1) is 16.9 Å². The van der Waals surface area contributed by atoms with Crippen LogP contribution in [0, 0.1) is 6.92 Å². The van der Waals surface area contributed by atoms with Crippen LogP contribution in [-0.2, 0) is 21.4 Å². The lowest BCUT2D eigenvalue weighted by Gasteiger charge is -2.24. The molecule has 7 nitrogen and oxygen atoms in total. The zero-order chi connectivity index (χ0) is 21.6. The summed E-state index contributed by atoms with van der Waals surface area (Å²) in [5.74, 6) is -0.383. The van der Waals surface area contributed by atoms with Crippen molar-refractivity contribution in [1.82, 2.24) is 14.9 Å². The third-order valence-electron chi connectivity index (χ3n) is 4.49. The van der Waals surface area contributed by atoms with E-state index < -0.39 is 10.0 Å². The van der Waals surface area contributed by atoms with Crippen molar-refractivity contribution in [3.05, 3.63) is 77.8 Å². The maximum Gasteiger partial charge on any atom is 0.264 e. The Balaban J connectivity index is 1.73. The van der Waals surface area contributed by atoms with E-state index in [-0.39, 0.29) is 17.3 Å². The van der Waals surface area contributed by atoms with Gasteiger partial charge >= 0.3 is 0 Å². The summed E-state index contributed by atoms with van der Waals surface area (Å²) in [5, 5.41) is 3.27. The number of hydrogen-bond acceptors (Lipinski definition) is 4. The summed E-state index contributed by atoms with van der Waals surface area (Å²) in [5.41, 5.74) is 1.32. The van der Waals surface area contributed by atoms with Crippen molar-refractivity contribution in [2.75, 3.05) is 17.4 Å². The van der Waals surface area contributed by atoms with E-state index in [9.17, 15) is 13.2 Å². The minimum atomic E-state index is -3.93. The van der Waals surface area contributed by atoms with Crippen molar-refractivity contribution >= 4 is 33.2 Å². The highest BCUT2D eigenvalue weighted by Gasteiger charge is 2.27. The monoisotopic (exact) mass is 446 g/mol. The van der Waals surface area contributed by atoms with Gasteiger partial charge in [-0.3, -0.25) is 9.10 Å². The normalized spacial score (nSPS) is 11.3. The number of nitrogens with one attached hydrogen (secondary N) is 1. The molecule has 0 saturated heterocycles. The van der Waals surface area contributed by atoms with Gasteiger partial charge in [-0.25, -0.2) is 13.4 Å². The molecule has 1 amide bonds. The Hall–Kier alpha value is -2.84. The molecule has 0 atom stereocenters. The molecule has 30 heavy (non-hydrogen) atoms. The summed E-state index contributed by atoms with van der Waals surface area (Å²) >= 11 is 5.94. The minimum absolute atomic E-state index is 0.121. The first-order valence-corrected chi connectivity index (χ1v) is 11.3. The lowest BCUT2D eigenvalue weighted by atomic mass is 10.2. The number of amides is 1. The summed E-state index contributed by atoms with van der Waals surface area (Å²) in [4.78, 5) is 16.6. The third kappa shape index (κ3) is 5.61. The van der Waals surface area contributed by atoms with Crippen molar-refractivity contribution in [3.8, 4) is 0 Å². The summed E-state index contributed by atoms with van der Waals surface area (Å²) in [7, 11) is -3.93.